The Morgan fingerprint density at radius 1 is 0.622 bits per heavy atom. The van der Waals surface area contributed by atoms with Crippen molar-refractivity contribution in [1.29, 1.82) is 0 Å². The Bertz CT molecular complexity index is 1250. The number of rotatable bonds is 15. The van der Waals surface area contributed by atoms with E-state index >= 15 is 0 Å². The number of halogens is 4. The van der Waals surface area contributed by atoms with E-state index < -0.39 is 6.81 Å². The van der Waals surface area contributed by atoms with E-state index in [2.05, 4.69) is 118 Å². The van der Waals surface area contributed by atoms with Gasteiger partial charge in [0.25, 0.3) is 0 Å². The van der Waals surface area contributed by atoms with Gasteiger partial charge in [0.05, 0.1) is 41.3 Å². The molecule has 0 saturated carbocycles. The van der Waals surface area contributed by atoms with E-state index in [1.165, 1.54) is 111 Å². The molecule has 1 unspecified atom stereocenters. The predicted molar refractivity (Wildman–Crippen MR) is 196 cm³/mol. The van der Waals surface area contributed by atoms with Crippen LogP contribution in [0.25, 0.3) is 22.3 Å². The summed E-state index contributed by atoms with van der Waals surface area (Å²) in [5, 5.41) is 0. The fourth-order valence-electron chi connectivity index (χ4n) is 6.72. The molecule has 252 valence electrons. The summed E-state index contributed by atoms with van der Waals surface area (Å²) in [6.07, 6.45) is 13.2. The van der Waals surface area contributed by atoms with Crippen molar-refractivity contribution in [2.24, 2.45) is 0 Å². The fraction of sp³-hybridized carbons (Fsp3) is 0.514. The Kier molecular flexibility index (Phi) is 20.2. The zero-order valence-electron chi connectivity index (χ0n) is 27.7. The number of quaternary nitrogens is 2. The van der Waals surface area contributed by atoms with E-state index in [0.717, 1.165) is 0 Å². The Morgan fingerprint density at radius 3 is 1.51 bits per heavy atom. The van der Waals surface area contributed by atoms with Crippen LogP contribution in [0.2, 0.25) is 0 Å². The molecule has 1 aliphatic rings. The Labute approximate surface area is 305 Å². The van der Waals surface area contributed by atoms with E-state index in [-0.39, 0.29) is 46.9 Å². The van der Waals surface area contributed by atoms with Crippen molar-refractivity contribution in [2.45, 2.75) is 83.5 Å². The summed E-state index contributed by atoms with van der Waals surface area (Å²) in [6, 6.07) is 23.7. The van der Waals surface area contributed by atoms with Crippen LogP contribution < -0.4 is 43.8 Å². The quantitative estimate of drug-likeness (QED) is 0.130. The van der Waals surface area contributed by atoms with E-state index in [9.17, 15) is 4.20 Å². The van der Waals surface area contributed by atoms with Crippen LogP contribution in [-0.4, -0.2) is 48.8 Å². The second-order valence-electron chi connectivity index (χ2n) is 13.1. The number of hydrogen-bond acceptors (Lipinski definition) is 0. The number of aryl methyl sites for hydroxylation is 2. The van der Waals surface area contributed by atoms with Crippen molar-refractivity contribution in [3.63, 3.8) is 0 Å². The molecule has 2 nitrogen and oxygen atoms in total. The zero-order valence-corrected chi connectivity index (χ0v) is 33.4. The van der Waals surface area contributed by atoms with E-state index in [1.54, 1.807) is 20.9 Å². The van der Waals surface area contributed by atoms with Crippen LogP contribution in [0, 0.1) is 13.8 Å². The minimum absolute atomic E-state index is 0. The van der Waals surface area contributed by atoms with Gasteiger partial charge in [-0.1, -0.05) is 107 Å². The minimum atomic E-state index is -1.06. The Hall–Kier alpha value is -0.555. The zero-order chi connectivity index (χ0) is 31.4. The fourth-order valence-corrected chi connectivity index (χ4v) is 6.72. The highest BCUT2D eigenvalue weighted by Crippen LogP contribution is 2.55. The first-order valence-corrected chi connectivity index (χ1v) is 18.9. The monoisotopic (exact) mass is 827 g/mol. The van der Waals surface area contributed by atoms with Gasteiger partial charge in [-0.15, -0.1) is 0 Å². The van der Waals surface area contributed by atoms with Crippen LogP contribution in [0.15, 0.2) is 60.7 Å². The number of fused-ring (bicyclic) bond motifs is 3. The third kappa shape index (κ3) is 13.1. The number of unbranched alkanes of at least 4 members (excludes halogenated alkanes) is 6. The largest absolute Gasteiger partial charge is 1.00 e. The van der Waals surface area contributed by atoms with Crippen molar-refractivity contribution in [3.8, 4) is 22.3 Å². The molecule has 1 atom stereocenters. The van der Waals surface area contributed by atoms with E-state index in [1.807, 2.05) is 0 Å². The van der Waals surface area contributed by atoms with Crippen molar-refractivity contribution in [3.05, 3.63) is 82.9 Å². The average Bonchev–Trinajstić information content (AvgIpc) is 3.20. The number of benzene rings is 3. The molecule has 4 rings (SSSR count). The van der Waals surface area contributed by atoms with E-state index in [0.29, 0.717) is 0 Å². The van der Waals surface area contributed by atoms with Crippen LogP contribution in [0.3, 0.4) is 0 Å². The molecule has 2 N–H and O–H groups in total. The molecule has 0 bridgehead atoms. The summed E-state index contributed by atoms with van der Waals surface area (Å²) in [5.74, 6) is 0. The van der Waals surface area contributed by atoms with Crippen LogP contribution in [0.5, 0.6) is 0 Å². The highest BCUT2D eigenvalue weighted by Gasteiger charge is 2.42. The third-order valence-electron chi connectivity index (χ3n) is 8.96. The van der Waals surface area contributed by atoms with Gasteiger partial charge in [-0.25, -0.2) is 0 Å². The van der Waals surface area contributed by atoms with Gasteiger partial charge < -0.3 is 43.8 Å². The lowest BCUT2D eigenvalue weighted by molar-refractivity contribution is -0.858. The van der Waals surface area contributed by atoms with Crippen molar-refractivity contribution in [2.75, 3.05) is 41.3 Å². The standard InChI is InChI=1S/C37H52N2.BBrFH3P.2BrH/c1-29-15-18-31(19-16-29)32-20-22-34-33-21-17-30(2)27-35(33)37(36(34)28-32,23-11-7-9-13-25-38(3)4)24-12-8-10-14-26-39(5)6;1-4(2)3;;/h15-22,27-28H,7-14,23-26H2,1-6H3;1H3;2*1H/q;-1;;. The average molecular weight is 830 g/mol. The molecule has 0 spiro atoms. The van der Waals surface area contributed by atoms with Gasteiger partial charge in [0, 0.05) is 13.0 Å². The van der Waals surface area contributed by atoms with Gasteiger partial charge in [-0.05, 0) is 98.6 Å². The molecule has 0 aliphatic heterocycles. The Balaban J connectivity index is 0.00000159. The van der Waals surface area contributed by atoms with Gasteiger partial charge in [0.1, 0.15) is 0 Å². The van der Waals surface area contributed by atoms with Crippen LogP contribution in [0.4, 0.5) is 4.20 Å². The second kappa shape index (κ2) is 21.4. The molecular formula is C37H57BBr3FN2P-. The first-order chi connectivity index (χ1) is 20.5. The molecule has 0 heterocycles. The maximum absolute atomic E-state index is 11.1. The van der Waals surface area contributed by atoms with Crippen molar-refractivity contribution >= 4 is 29.9 Å². The lowest BCUT2D eigenvalue weighted by Gasteiger charge is -2.33. The number of hydrogen-bond donors (Lipinski definition) is 2. The summed E-state index contributed by atoms with van der Waals surface area (Å²) in [5.41, 5.74) is 11.7. The van der Waals surface area contributed by atoms with Crippen molar-refractivity contribution in [1.82, 2.24) is 0 Å². The molecule has 0 fully saturated rings. The molecule has 0 saturated heterocycles. The second-order valence-corrected chi connectivity index (χ2v) is 14.0. The normalized spacial score (nSPS) is 13.3. The predicted octanol–water partition coefficient (Wildman–Crippen LogP) is 1.38. The molecule has 0 aromatic heterocycles. The highest BCUT2D eigenvalue weighted by atomic mass is 79.9. The maximum Gasteiger partial charge on any atom is 0.0766 e. The summed E-state index contributed by atoms with van der Waals surface area (Å²) < 4.78 is 11.1. The highest BCUT2D eigenvalue weighted by molar-refractivity contribution is 9.41. The third-order valence-corrected chi connectivity index (χ3v) is 8.96. The molecule has 3 aromatic rings. The maximum atomic E-state index is 11.1. The molecular weight excluding hydrogens is 773 g/mol. The molecule has 1 aliphatic carbocycles. The minimum Gasteiger partial charge on any atom is -1.00 e. The molecule has 0 amide bonds. The van der Waals surface area contributed by atoms with E-state index in [4.69, 9.17) is 0 Å². The van der Waals surface area contributed by atoms with Gasteiger partial charge in [-0.3, -0.25) is 4.20 Å². The SMILES string of the molecule is Cc1ccc(-c2ccc3c(c2)C(CCCCCC[NH+](C)C)(CCCCCC[NH+](C)C)c2cc(C)ccc2-3)cc1.[BH3-]P(F)Br.[Br-].[Br-]. The summed E-state index contributed by atoms with van der Waals surface area (Å²) in [6.45, 7) is 5.96. The van der Waals surface area contributed by atoms with Gasteiger partial charge in [-0.2, -0.15) is 0 Å². The first-order valence-electron chi connectivity index (χ1n) is 16.0. The molecule has 3 aromatic carbocycles. The first kappa shape index (κ1) is 42.5. The summed E-state index contributed by atoms with van der Waals surface area (Å²) in [7, 11) is 9.10. The molecule has 45 heavy (non-hydrogen) atoms. The van der Waals surface area contributed by atoms with Crippen molar-refractivity contribution < 1.29 is 48.0 Å². The molecule has 0 radical (unpaired) electrons. The molecule has 8 heteroatoms. The van der Waals surface area contributed by atoms with Gasteiger partial charge in [0.15, 0.2) is 0 Å². The lowest BCUT2D eigenvalue weighted by Crippen LogP contribution is -3.05. The van der Waals surface area contributed by atoms with Gasteiger partial charge in [0.2, 0.25) is 0 Å². The van der Waals surface area contributed by atoms with Crippen LogP contribution in [0.1, 0.15) is 86.5 Å². The Morgan fingerprint density at radius 2 is 1.02 bits per heavy atom. The van der Waals surface area contributed by atoms with Crippen LogP contribution >= 0.6 is 22.3 Å². The topological polar surface area (TPSA) is 8.88 Å². The summed E-state index contributed by atoms with van der Waals surface area (Å²) in [4.78, 5) is 3.14. The lowest BCUT2D eigenvalue weighted by atomic mass is 9.70. The van der Waals surface area contributed by atoms with Gasteiger partial charge >= 0.3 is 0 Å². The van der Waals surface area contributed by atoms with Crippen LogP contribution in [-0.2, 0) is 5.41 Å². The summed E-state index contributed by atoms with van der Waals surface area (Å²) >= 11 is 2.78. The number of nitrogens with one attached hydrogen (secondary N) is 2. The smallest absolute Gasteiger partial charge is 0.0766 e.